The molecule has 2 aliphatic carbocycles. The molecule has 2 rings (SSSR count). The van der Waals surface area contributed by atoms with Gasteiger partial charge in [0.25, 0.3) is 0 Å². The quantitative estimate of drug-likeness (QED) is 0.821. The molecule has 0 aromatic rings. The smallest absolute Gasteiger partial charge is 0.0357 e. The molecule has 4 atom stereocenters. The monoisotopic (exact) mass is 243 g/mol. The van der Waals surface area contributed by atoms with Crippen molar-refractivity contribution in [3.63, 3.8) is 0 Å². The Kier molecular flexibility index (Phi) is 4.83. The molecular weight excluding hydrogens is 218 g/mol. The molecule has 4 unspecified atom stereocenters. The zero-order valence-electron chi connectivity index (χ0n) is 10.4. The molecule has 2 fully saturated rings. The van der Waals surface area contributed by atoms with Crippen LogP contribution in [0.4, 0.5) is 0 Å². The lowest BCUT2D eigenvalue weighted by Crippen LogP contribution is -2.40. The van der Waals surface area contributed by atoms with Gasteiger partial charge in [0, 0.05) is 35.4 Å². The molecule has 0 bridgehead atoms. The number of hydrogen-bond acceptors (Lipinski definition) is 2. The third kappa shape index (κ3) is 3.56. The Labute approximate surface area is 102 Å². The average Bonchev–Trinajstić information content (AvgIpc) is 2.28. The summed E-state index contributed by atoms with van der Waals surface area (Å²) in [5.74, 6) is 2.84. The second-order valence-corrected chi connectivity index (χ2v) is 7.10. The summed E-state index contributed by atoms with van der Waals surface area (Å²) < 4.78 is 11.0. The summed E-state index contributed by atoms with van der Waals surface area (Å²) in [5, 5.41) is 3.59. The Hall–Kier alpha value is 0.110. The maximum absolute atomic E-state index is 11.0. The van der Waals surface area contributed by atoms with E-state index in [1.807, 2.05) is 0 Å². The Bertz CT molecular complexity index is 244. The molecule has 1 N–H and O–H groups in total. The van der Waals surface area contributed by atoms with E-state index in [4.69, 9.17) is 0 Å². The molecule has 0 aliphatic heterocycles. The van der Waals surface area contributed by atoms with Gasteiger partial charge in [-0.15, -0.1) is 0 Å². The topological polar surface area (TPSA) is 29.1 Å². The SMILES string of the molecule is CS(=O)CCNC1CCC2CCCCC2C1. The fourth-order valence-corrected chi connectivity index (χ4v) is 3.87. The third-order valence-corrected chi connectivity index (χ3v) is 5.14. The molecule has 0 aromatic carbocycles. The van der Waals surface area contributed by atoms with Crippen molar-refractivity contribution in [1.29, 1.82) is 0 Å². The minimum atomic E-state index is -0.640. The van der Waals surface area contributed by atoms with Crippen molar-refractivity contribution in [2.45, 2.75) is 51.0 Å². The Morgan fingerprint density at radius 2 is 1.88 bits per heavy atom. The summed E-state index contributed by atoms with van der Waals surface area (Å²) in [6, 6.07) is 0.711. The second kappa shape index (κ2) is 6.15. The van der Waals surface area contributed by atoms with Crippen LogP contribution in [0.2, 0.25) is 0 Å². The van der Waals surface area contributed by atoms with E-state index in [0.29, 0.717) is 6.04 Å². The highest BCUT2D eigenvalue weighted by Crippen LogP contribution is 2.40. The summed E-state index contributed by atoms with van der Waals surface area (Å²) in [5.41, 5.74) is 0. The molecular formula is C13H25NOS. The number of nitrogens with one attached hydrogen (secondary N) is 1. The lowest BCUT2D eigenvalue weighted by molar-refractivity contribution is 0.145. The van der Waals surface area contributed by atoms with Gasteiger partial charge in [0.1, 0.15) is 0 Å². The number of fused-ring (bicyclic) bond motifs is 1. The van der Waals surface area contributed by atoms with Crippen LogP contribution < -0.4 is 5.32 Å². The van der Waals surface area contributed by atoms with Crippen LogP contribution in [0, 0.1) is 11.8 Å². The fraction of sp³-hybridized carbons (Fsp3) is 1.00. The zero-order valence-corrected chi connectivity index (χ0v) is 11.2. The van der Waals surface area contributed by atoms with Crippen molar-refractivity contribution >= 4 is 10.8 Å². The van der Waals surface area contributed by atoms with Crippen LogP contribution in [-0.2, 0) is 10.8 Å². The van der Waals surface area contributed by atoms with Gasteiger partial charge in [0.15, 0.2) is 0 Å². The van der Waals surface area contributed by atoms with Crippen LogP contribution in [0.15, 0.2) is 0 Å². The van der Waals surface area contributed by atoms with Gasteiger partial charge in [-0.1, -0.05) is 25.7 Å². The van der Waals surface area contributed by atoms with Gasteiger partial charge in [-0.2, -0.15) is 0 Å². The normalized spacial score (nSPS) is 36.7. The van der Waals surface area contributed by atoms with Crippen LogP contribution in [0.3, 0.4) is 0 Å². The second-order valence-electron chi connectivity index (χ2n) is 5.55. The molecule has 3 heteroatoms. The molecule has 0 radical (unpaired) electrons. The van der Waals surface area contributed by atoms with Gasteiger partial charge in [0.2, 0.25) is 0 Å². The highest BCUT2D eigenvalue weighted by Gasteiger charge is 2.31. The first-order valence-corrected chi connectivity index (χ1v) is 8.52. The van der Waals surface area contributed by atoms with E-state index in [9.17, 15) is 4.21 Å². The first kappa shape index (κ1) is 12.6. The van der Waals surface area contributed by atoms with Gasteiger partial charge >= 0.3 is 0 Å². The van der Waals surface area contributed by atoms with Crippen molar-refractivity contribution in [2.24, 2.45) is 11.8 Å². The van der Waals surface area contributed by atoms with Crippen molar-refractivity contribution in [3.05, 3.63) is 0 Å². The van der Waals surface area contributed by atoms with Crippen molar-refractivity contribution in [3.8, 4) is 0 Å². The molecule has 0 saturated heterocycles. The van der Waals surface area contributed by atoms with E-state index in [1.54, 1.807) is 6.26 Å². The highest BCUT2D eigenvalue weighted by atomic mass is 32.2. The molecule has 2 nitrogen and oxygen atoms in total. The van der Waals surface area contributed by atoms with Crippen LogP contribution in [0.25, 0.3) is 0 Å². The van der Waals surface area contributed by atoms with Gasteiger partial charge < -0.3 is 5.32 Å². The van der Waals surface area contributed by atoms with Crippen molar-refractivity contribution < 1.29 is 4.21 Å². The van der Waals surface area contributed by atoms with Gasteiger partial charge in [-0.3, -0.25) is 4.21 Å². The molecule has 0 aromatic heterocycles. The number of hydrogen-bond donors (Lipinski definition) is 1. The van der Waals surface area contributed by atoms with E-state index >= 15 is 0 Å². The lowest BCUT2D eigenvalue weighted by Gasteiger charge is -2.39. The van der Waals surface area contributed by atoms with Gasteiger partial charge in [0.05, 0.1) is 0 Å². The number of rotatable bonds is 4. The van der Waals surface area contributed by atoms with Crippen molar-refractivity contribution in [2.75, 3.05) is 18.6 Å². The average molecular weight is 243 g/mol. The first-order valence-electron chi connectivity index (χ1n) is 6.79. The van der Waals surface area contributed by atoms with Crippen LogP contribution in [0.5, 0.6) is 0 Å². The van der Waals surface area contributed by atoms with Crippen LogP contribution in [0.1, 0.15) is 44.9 Å². The van der Waals surface area contributed by atoms with Crippen molar-refractivity contribution in [1.82, 2.24) is 5.32 Å². The maximum Gasteiger partial charge on any atom is 0.0357 e. The summed E-state index contributed by atoms with van der Waals surface area (Å²) in [7, 11) is -0.640. The molecule has 0 spiro atoms. The van der Waals surface area contributed by atoms with E-state index in [-0.39, 0.29) is 0 Å². The maximum atomic E-state index is 11.0. The minimum Gasteiger partial charge on any atom is -0.313 e. The Balaban J connectivity index is 1.70. The zero-order chi connectivity index (χ0) is 11.4. The molecule has 0 heterocycles. The summed E-state index contributed by atoms with van der Waals surface area (Å²) in [6.07, 6.45) is 11.8. The molecule has 2 aliphatic rings. The fourth-order valence-electron chi connectivity index (χ4n) is 3.47. The predicted octanol–water partition coefficient (Wildman–Crippen LogP) is 2.31. The Morgan fingerprint density at radius 1 is 1.12 bits per heavy atom. The summed E-state index contributed by atoms with van der Waals surface area (Å²) in [6.45, 7) is 0.936. The highest BCUT2D eigenvalue weighted by molar-refractivity contribution is 7.84. The predicted molar refractivity (Wildman–Crippen MR) is 70.0 cm³/mol. The minimum absolute atomic E-state index is 0.640. The lowest BCUT2D eigenvalue weighted by atomic mass is 9.69. The first-order chi connectivity index (χ1) is 7.75. The third-order valence-electron chi connectivity index (χ3n) is 4.36. The molecule has 2 saturated carbocycles. The largest absolute Gasteiger partial charge is 0.313 e. The van der Waals surface area contributed by atoms with Gasteiger partial charge in [-0.25, -0.2) is 0 Å². The standard InChI is InChI=1S/C13H25NOS/c1-16(15)9-8-14-13-7-6-11-4-2-3-5-12(11)10-13/h11-14H,2-10H2,1H3. The van der Waals surface area contributed by atoms with E-state index < -0.39 is 10.8 Å². The van der Waals surface area contributed by atoms with Crippen LogP contribution in [-0.4, -0.2) is 28.8 Å². The Morgan fingerprint density at radius 3 is 2.62 bits per heavy atom. The van der Waals surface area contributed by atoms with Crippen LogP contribution >= 0.6 is 0 Å². The summed E-state index contributed by atoms with van der Waals surface area (Å²) in [4.78, 5) is 0. The van der Waals surface area contributed by atoms with E-state index in [1.165, 1.54) is 44.9 Å². The van der Waals surface area contributed by atoms with E-state index in [2.05, 4.69) is 5.32 Å². The van der Waals surface area contributed by atoms with Gasteiger partial charge in [-0.05, 0) is 31.1 Å². The molecule has 16 heavy (non-hydrogen) atoms. The molecule has 0 amide bonds. The summed E-state index contributed by atoms with van der Waals surface area (Å²) >= 11 is 0. The van der Waals surface area contributed by atoms with E-state index in [0.717, 1.165) is 24.1 Å². The molecule has 94 valence electrons.